The number of carboxylic acid groups (broad SMARTS) is 2. The van der Waals surface area contributed by atoms with Gasteiger partial charge in [0.05, 0.1) is 23.8 Å². The Balaban J connectivity index is 0.000000349. The van der Waals surface area contributed by atoms with Gasteiger partial charge < -0.3 is 24.7 Å². The van der Waals surface area contributed by atoms with E-state index in [-0.39, 0.29) is 0 Å². The van der Waals surface area contributed by atoms with E-state index in [0.29, 0.717) is 12.2 Å². The average molecular weight is 528 g/mol. The third kappa shape index (κ3) is 7.91. The Morgan fingerprint density at radius 1 is 0.919 bits per heavy atom. The highest BCUT2D eigenvalue weighted by Crippen LogP contribution is 2.37. The lowest BCUT2D eigenvalue weighted by atomic mass is 10.2. The van der Waals surface area contributed by atoms with Crippen LogP contribution in [-0.2, 0) is 27.3 Å². The summed E-state index contributed by atoms with van der Waals surface area (Å²) in [5.74, 6) is 0.724. The van der Waals surface area contributed by atoms with Crippen LogP contribution in [0.4, 0.5) is 11.8 Å². The molecule has 0 atom stereocenters. The lowest BCUT2D eigenvalue weighted by molar-refractivity contribution is -0.134. The number of hydrogen-bond acceptors (Lipinski definition) is 9. The zero-order chi connectivity index (χ0) is 26.0. The van der Waals surface area contributed by atoms with Crippen molar-refractivity contribution in [1.82, 2.24) is 14.9 Å². The number of fused-ring (bicyclic) bond motifs is 1. The summed E-state index contributed by atoms with van der Waals surface area (Å²) in [7, 11) is 0. The zero-order valence-electron chi connectivity index (χ0n) is 20.8. The van der Waals surface area contributed by atoms with E-state index in [2.05, 4.69) is 45.0 Å². The number of aryl methyl sites for hydroxylation is 1. The highest BCUT2D eigenvalue weighted by molar-refractivity contribution is 7.99. The second kappa shape index (κ2) is 13.4. The van der Waals surface area contributed by atoms with Crippen LogP contribution in [0.25, 0.3) is 0 Å². The summed E-state index contributed by atoms with van der Waals surface area (Å²) in [6.45, 7) is 8.53. The van der Waals surface area contributed by atoms with Crippen molar-refractivity contribution >= 4 is 35.5 Å². The van der Waals surface area contributed by atoms with Gasteiger partial charge in [0, 0.05) is 58.0 Å². The standard InChI is InChI=1S/C22H29N5OS.C4H4O4/c1-2-5-18(6-3-1)17-25-8-10-27(11-9-25)22-23-19-7-4-16-29-20(19)21(24-22)26-12-14-28-15-13-26;5-3(6)1-2-4(7)8/h1-3,5-6H,4,7-17H2;1-2H,(H,5,6)(H,7,8). The van der Waals surface area contributed by atoms with E-state index in [4.69, 9.17) is 24.9 Å². The monoisotopic (exact) mass is 527 g/mol. The van der Waals surface area contributed by atoms with Crippen molar-refractivity contribution in [2.24, 2.45) is 0 Å². The minimum Gasteiger partial charge on any atom is -0.478 e. The molecule has 1 aromatic heterocycles. The Bertz CT molecular complexity index is 1070. The molecule has 4 heterocycles. The fourth-order valence-corrected chi connectivity index (χ4v) is 5.53. The molecular formula is C26H33N5O5S. The number of aliphatic carboxylic acids is 2. The highest BCUT2D eigenvalue weighted by atomic mass is 32.2. The zero-order valence-corrected chi connectivity index (χ0v) is 21.6. The number of aromatic nitrogens is 2. The minimum atomic E-state index is -1.26. The second-order valence-electron chi connectivity index (χ2n) is 8.93. The maximum atomic E-state index is 9.55. The molecule has 0 amide bonds. The van der Waals surface area contributed by atoms with Gasteiger partial charge in [0.15, 0.2) is 0 Å². The first-order valence-electron chi connectivity index (χ1n) is 12.5. The number of rotatable bonds is 6. The van der Waals surface area contributed by atoms with Crippen LogP contribution in [0.15, 0.2) is 47.4 Å². The smallest absolute Gasteiger partial charge is 0.328 e. The van der Waals surface area contributed by atoms with Crippen LogP contribution < -0.4 is 9.80 Å². The van der Waals surface area contributed by atoms with E-state index in [1.165, 1.54) is 28.3 Å². The molecule has 2 N–H and O–H groups in total. The summed E-state index contributed by atoms with van der Waals surface area (Å²) in [6, 6.07) is 10.8. The molecule has 3 aliphatic rings. The average Bonchev–Trinajstić information content (AvgIpc) is 2.93. The van der Waals surface area contributed by atoms with Crippen molar-refractivity contribution in [3.63, 3.8) is 0 Å². The van der Waals surface area contributed by atoms with Crippen LogP contribution in [0.3, 0.4) is 0 Å². The van der Waals surface area contributed by atoms with Crippen molar-refractivity contribution in [2.75, 3.05) is 68.0 Å². The SMILES string of the molecule is O=C(O)C=CC(=O)O.c1ccc(CN2CCN(c3nc4c(c(N5CCOCC5)n3)SCCC4)CC2)cc1. The molecule has 2 aromatic rings. The van der Waals surface area contributed by atoms with Crippen molar-refractivity contribution in [2.45, 2.75) is 24.3 Å². The Morgan fingerprint density at radius 3 is 2.24 bits per heavy atom. The lowest BCUT2D eigenvalue weighted by Crippen LogP contribution is -2.47. The third-order valence-corrected chi connectivity index (χ3v) is 7.49. The largest absolute Gasteiger partial charge is 0.478 e. The van der Waals surface area contributed by atoms with E-state index in [0.717, 1.165) is 77.2 Å². The van der Waals surface area contributed by atoms with Crippen LogP contribution in [0.5, 0.6) is 0 Å². The minimum absolute atomic E-state index is 0.558. The van der Waals surface area contributed by atoms with Gasteiger partial charge in [0.2, 0.25) is 5.95 Å². The van der Waals surface area contributed by atoms with Crippen LogP contribution >= 0.6 is 11.8 Å². The maximum Gasteiger partial charge on any atom is 0.328 e. The highest BCUT2D eigenvalue weighted by Gasteiger charge is 2.26. The Hall–Kier alpha value is -3.15. The first kappa shape index (κ1) is 26.9. The van der Waals surface area contributed by atoms with Gasteiger partial charge in [-0.15, -0.1) is 11.8 Å². The molecular weight excluding hydrogens is 494 g/mol. The number of ether oxygens (including phenoxy) is 1. The molecule has 3 aliphatic heterocycles. The molecule has 11 heteroatoms. The number of piperazine rings is 1. The topological polar surface area (TPSA) is 119 Å². The van der Waals surface area contributed by atoms with Gasteiger partial charge >= 0.3 is 11.9 Å². The van der Waals surface area contributed by atoms with Gasteiger partial charge in [-0.2, -0.15) is 4.98 Å². The summed E-state index contributed by atoms with van der Waals surface area (Å²) in [4.78, 5) is 37.8. The van der Waals surface area contributed by atoms with Gasteiger partial charge in [0.1, 0.15) is 5.82 Å². The molecule has 37 heavy (non-hydrogen) atoms. The normalized spacial score (nSPS) is 18.2. The third-order valence-electron chi connectivity index (χ3n) is 6.29. The molecule has 0 unspecified atom stereocenters. The number of morpholine rings is 1. The molecule has 1 aromatic carbocycles. The number of hydrogen-bond donors (Lipinski definition) is 2. The number of nitrogens with zero attached hydrogens (tertiary/aromatic N) is 5. The molecule has 0 spiro atoms. The quantitative estimate of drug-likeness (QED) is 0.539. The predicted octanol–water partition coefficient (Wildman–Crippen LogP) is 2.39. The molecule has 0 saturated carbocycles. The number of thioether (sulfide) groups is 1. The molecule has 0 aliphatic carbocycles. The van der Waals surface area contributed by atoms with Crippen molar-refractivity contribution in [1.29, 1.82) is 0 Å². The van der Waals surface area contributed by atoms with E-state index in [9.17, 15) is 9.59 Å². The predicted molar refractivity (Wildman–Crippen MR) is 142 cm³/mol. The summed E-state index contributed by atoms with van der Waals surface area (Å²) >= 11 is 1.93. The summed E-state index contributed by atoms with van der Waals surface area (Å²) in [5, 5.41) is 15.6. The summed E-state index contributed by atoms with van der Waals surface area (Å²) in [6.07, 6.45) is 3.40. The van der Waals surface area contributed by atoms with Gasteiger partial charge in [-0.05, 0) is 24.2 Å². The molecule has 0 bridgehead atoms. The summed E-state index contributed by atoms with van der Waals surface area (Å²) in [5.41, 5.74) is 2.64. The van der Waals surface area contributed by atoms with Crippen LogP contribution in [-0.4, -0.2) is 95.3 Å². The molecule has 2 fully saturated rings. The molecule has 2 saturated heterocycles. The molecule has 10 nitrogen and oxygen atoms in total. The van der Waals surface area contributed by atoms with Crippen LogP contribution in [0, 0.1) is 0 Å². The van der Waals surface area contributed by atoms with Crippen molar-refractivity contribution in [3.8, 4) is 0 Å². The van der Waals surface area contributed by atoms with Gasteiger partial charge in [-0.1, -0.05) is 30.3 Å². The molecule has 198 valence electrons. The fraction of sp³-hybridized carbons (Fsp3) is 0.462. The molecule has 0 radical (unpaired) electrons. The van der Waals surface area contributed by atoms with E-state index in [1.54, 1.807) is 0 Å². The van der Waals surface area contributed by atoms with Gasteiger partial charge in [-0.3, -0.25) is 4.90 Å². The molecule has 5 rings (SSSR count). The lowest BCUT2D eigenvalue weighted by Gasteiger charge is -2.36. The summed E-state index contributed by atoms with van der Waals surface area (Å²) < 4.78 is 5.56. The number of carboxylic acids is 2. The second-order valence-corrected chi connectivity index (χ2v) is 10.0. The van der Waals surface area contributed by atoms with Gasteiger partial charge in [0.25, 0.3) is 0 Å². The first-order valence-corrected chi connectivity index (χ1v) is 13.5. The number of benzene rings is 1. The van der Waals surface area contributed by atoms with E-state index >= 15 is 0 Å². The van der Waals surface area contributed by atoms with E-state index < -0.39 is 11.9 Å². The number of anilines is 2. The Labute approximate surface area is 220 Å². The number of carbonyl (C=O) groups is 2. The van der Waals surface area contributed by atoms with Gasteiger partial charge in [-0.25, -0.2) is 14.6 Å². The maximum absolute atomic E-state index is 9.55. The van der Waals surface area contributed by atoms with Crippen molar-refractivity contribution in [3.05, 3.63) is 53.7 Å². The van der Waals surface area contributed by atoms with Crippen LogP contribution in [0.1, 0.15) is 17.7 Å². The Kier molecular flexibility index (Phi) is 9.75. The fourth-order valence-electron chi connectivity index (χ4n) is 4.42. The van der Waals surface area contributed by atoms with Crippen LogP contribution in [0.2, 0.25) is 0 Å². The Morgan fingerprint density at radius 2 is 1.59 bits per heavy atom. The van der Waals surface area contributed by atoms with Crippen molar-refractivity contribution < 1.29 is 24.5 Å². The van der Waals surface area contributed by atoms with E-state index in [1.807, 2.05) is 11.8 Å². The first-order chi connectivity index (χ1) is 18.0.